The van der Waals surface area contributed by atoms with Crippen molar-refractivity contribution in [3.8, 4) is 0 Å². The summed E-state index contributed by atoms with van der Waals surface area (Å²) in [5, 5.41) is 6.72. The third-order valence-electron chi connectivity index (χ3n) is 3.70. The van der Waals surface area contributed by atoms with Gasteiger partial charge in [0.25, 0.3) is 5.91 Å². The maximum absolute atomic E-state index is 12.5. The van der Waals surface area contributed by atoms with Crippen LogP contribution in [0.25, 0.3) is 0 Å². The van der Waals surface area contributed by atoms with E-state index in [0.29, 0.717) is 21.7 Å². The van der Waals surface area contributed by atoms with Gasteiger partial charge in [-0.2, -0.15) is 0 Å². The highest BCUT2D eigenvalue weighted by molar-refractivity contribution is 6.35. The Bertz CT molecular complexity index is 976. The highest BCUT2D eigenvalue weighted by atomic mass is 35.5. The Morgan fingerprint density at radius 3 is 2.62 bits per heavy atom. The zero-order valence-corrected chi connectivity index (χ0v) is 15.7. The molecular weight excluding hydrogens is 371 g/mol. The van der Waals surface area contributed by atoms with Crippen LogP contribution in [0.15, 0.2) is 48.7 Å². The number of rotatable bonds is 4. The molecule has 3 rings (SSSR count). The number of carbonyl (C=O) groups excluding carboxylic acids is 1. The van der Waals surface area contributed by atoms with Crippen LogP contribution in [-0.4, -0.2) is 15.9 Å². The minimum absolute atomic E-state index is 0.212. The third kappa shape index (κ3) is 4.31. The fourth-order valence-corrected chi connectivity index (χ4v) is 2.65. The number of nitrogens with zero attached hydrogens (tertiary/aromatic N) is 2. The molecule has 0 radical (unpaired) electrons. The minimum atomic E-state index is -0.402. The monoisotopic (exact) mass is 386 g/mol. The van der Waals surface area contributed by atoms with E-state index in [1.807, 2.05) is 32.0 Å². The highest BCUT2D eigenvalue weighted by Gasteiger charge is 2.12. The van der Waals surface area contributed by atoms with Crippen molar-refractivity contribution < 1.29 is 4.79 Å². The smallest absolute Gasteiger partial charge is 0.274 e. The molecule has 3 aromatic rings. The summed E-state index contributed by atoms with van der Waals surface area (Å²) in [5.41, 5.74) is 3.69. The fraction of sp³-hybridized carbons (Fsp3) is 0.105. The van der Waals surface area contributed by atoms with Crippen molar-refractivity contribution in [2.45, 2.75) is 13.8 Å². The second-order valence-electron chi connectivity index (χ2n) is 5.79. The van der Waals surface area contributed by atoms with E-state index in [9.17, 15) is 4.79 Å². The molecule has 5 nitrogen and oxygen atoms in total. The summed E-state index contributed by atoms with van der Waals surface area (Å²) in [6, 6.07) is 12.4. The summed E-state index contributed by atoms with van der Waals surface area (Å²) in [6.07, 6.45) is 1.52. The van der Waals surface area contributed by atoms with Crippen molar-refractivity contribution in [3.63, 3.8) is 0 Å². The van der Waals surface area contributed by atoms with Gasteiger partial charge < -0.3 is 10.6 Å². The van der Waals surface area contributed by atoms with Gasteiger partial charge in [0.05, 0.1) is 10.7 Å². The number of hydrogen-bond donors (Lipinski definition) is 2. The number of benzene rings is 2. The van der Waals surface area contributed by atoms with Gasteiger partial charge >= 0.3 is 0 Å². The van der Waals surface area contributed by atoms with Crippen LogP contribution in [0.4, 0.5) is 17.3 Å². The number of amides is 1. The van der Waals surface area contributed by atoms with Gasteiger partial charge in [-0.1, -0.05) is 35.3 Å². The highest BCUT2D eigenvalue weighted by Crippen LogP contribution is 2.26. The van der Waals surface area contributed by atoms with Gasteiger partial charge in [0.2, 0.25) is 5.95 Å². The van der Waals surface area contributed by atoms with Gasteiger partial charge in [-0.25, -0.2) is 9.97 Å². The predicted octanol–water partition coefficient (Wildman–Crippen LogP) is 5.40. The first-order chi connectivity index (χ1) is 12.4. The fourth-order valence-electron chi connectivity index (χ4n) is 2.32. The standard InChI is InChI=1S/C19H16Cl2N4O/c1-11-3-4-12(2)16(9-11)25-19-22-8-7-15(24-19)18(26)23-17-10-13(20)5-6-14(17)21/h3-10H,1-2H3,(H,23,26)(H,22,24,25). The van der Waals surface area contributed by atoms with Crippen LogP contribution in [0.2, 0.25) is 10.0 Å². The van der Waals surface area contributed by atoms with Gasteiger partial charge in [-0.05, 0) is 55.3 Å². The molecule has 0 saturated heterocycles. The summed E-state index contributed by atoms with van der Waals surface area (Å²) >= 11 is 12.0. The summed E-state index contributed by atoms with van der Waals surface area (Å²) in [5.74, 6) is -0.0656. The Kier molecular flexibility index (Phi) is 5.40. The number of nitrogens with one attached hydrogen (secondary N) is 2. The first-order valence-corrected chi connectivity index (χ1v) is 8.62. The Labute approximate surface area is 161 Å². The van der Waals surface area contributed by atoms with Crippen LogP contribution >= 0.6 is 23.2 Å². The molecule has 0 spiro atoms. The first kappa shape index (κ1) is 18.2. The van der Waals surface area contributed by atoms with E-state index < -0.39 is 5.91 Å². The normalized spacial score (nSPS) is 10.5. The van der Waals surface area contributed by atoms with Crippen LogP contribution in [-0.2, 0) is 0 Å². The molecule has 2 aromatic carbocycles. The number of aromatic nitrogens is 2. The van der Waals surface area contributed by atoms with E-state index >= 15 is 0 Å². The zero-order chi connectivity index (χ0) is 18.7. The Balaban J connectivity index is 1.81. The molecule has 0 aliphatic carbocycles. The SMILES string of the molecule is Cc1ccc(C)c(Nc2nccc(C(=O)Nc3cc(Cl)ccc3Cl)n2)c1. The summed E-state index contributed by atoms with van der Waals surface area (Å²) < 4.78 is 0. The van der Waals surface area contributed by atoms with Gasteiger partial charge in [-0.15, -0.1) is 0 Å². The number of halogens is 2. The number of anilines is 3. The maximum Gasteiger partial charge on any atom is 0.274 e. The van der Waals surface area contributed by atoms with E-state index in [0.717, 1.165) is 16.8 Å². The molecule has 0 aliphatic rings. The lowest BCUT2D eigenvalue weighted by atomic mass is 10.1. The summed E-state index contributed by atoms with van der Waals surface area (Å²) in [4.78, 5) is 20.9. The molecule has 0 atom stereocenters. The number of aryl methyl sites for hydroxylation is 2. The van der Waals surface area contributed by atoms with Crippen molar-refractivity contribution in [1.82, 2.24) is 9.97 Å². The van der Waals surface area contributed by atoms with E-state index in [-0.39, 0.29) is 5.69 Å². The predicted molar refractivity (Wildman–Crippen MR) is 106 cm³/mol. The number of carbonyl (C=O) groups is 1. The lowest BCUT2D eigenvalue weighted by Crippen LogP contribution is -2.15. The molecule has 0 unspecified atom stereocenters. The van der Waals surface area contributed by atoms with Crippen LogP contribution in [0, 0.1) is 13.8 Å². The molecule has 1 aromatic heterocycles. The second kappa shape index (κ2) is 7.72. The van der Waals surface area contributed by atoms with Crippen LogP contribution in [0.1, 0.15) is 21.6 Å². The lowest BCUT2D eigenvalue weighted by molar-refractivity contribution is 0.102. The van der Waals surface area contributed by atoms with Crippen LogP contribution in [0.5, 0.6) is 0 Å². The van der Waals surface area contributed by atoms with Gasteiger partial charge in [0, 0.05) is 16.9 Å². The van der Waals surface area contributed by atoms with E-state index in [1.54, 1.807) is 18.2 Å². The molecule has 2 N–H and O–H groups in total. The van der Waals surface area contributed by atoms with Crippen LogP contribution in [0.3, 0.4) is 0 Å². The zero-order valence-electron chi connectivity index (χ0n) is 14.2. The van der Waals surface area contributed by atoms with Crippen molar-refractivity contribution in [2.24, 2.45) is 0 Å². The minimum Gasteiger partial charge on any atom is -0.324 e. The molecule has 0 saturated carbocycles. The van der Waals surface area contributed by atoms with E-state index in [1.165, 1.54) is 12.3 Å². The van der Waals surface area contributed by atoms with Crippen LogP contribution < -0.4 is 10.6 Å². The molecule has 0 bridgehead atoms. The Morgan fingerprint density at radius 2 is 1.81 bits per heavy atom. The molecular formula is C19H16Cl2N4O. The quantitative estimate of drug-likeness (QED) is 0.629. The molecule has 0 aliphatic heterocycles. The average molecular weight is 387 g/mol. The molecule has 132 valence electrons. The van der Waals surface area contributed by atoms with Crippen molar-refractivity contribution in [1.29, 1.82) is 0 Å². The molecule has 1 heterocycles. The van der Waals surface area contributed by atoms with Gasteiger partial charge in [-0.3, -0.25) is 4.79 Å². The summed E-state index contributed by atoms with van der Waals surface area (Å²) in [6.45, 7) is 3.99. The Hall–Kier alpha value is -2.63. The van der Waals surface area contributed by atoms with E-state index in [2.05, 4.69) is 20.6 Å². The molecule has 26 heavy (non-hydrogen) atoms. The van der Waals surface area contributed by atoms with Gasteiger partial charge in [0.15, 0.2) is 0 Å². The van der Waals surface area contributed by atoms with Crippen molar-refractivity contribution >= 4 is 46.4 Å². The van der Waals surface area contributed by atoms with Gasteiger partial charge in [0.1, 0.15) is 5.69 Å². The van der Waals surface area contributed by atoms with Crippen molar-refractivity contribution in [2.75, 3.05) is 10.6 Å². The second-order valence-corrected chi connectivity index (χ2v) is 6.63. The Morgan fingerprint density at radius 1 is 1.00 bits per heavy atom. The lowest BCUT2D eigenvalue weighted by Gasteiger charge is -2.10. The van der Waals surface area contributed by atoms with Crippen molar-refractivity contribution in [3.05, 3.63) is 75.5 Å². The van der Waals surface area contributed by atoms with E-state index in [4.69, 9.17) is 23.2 Å². The number of hydrogen-bond acceptors (Lipinski definition) is 4. The largest absolute Gasteiger partial charge is 0.324 e. The maximum atomic E-state index is 12.5. The third-order valence-corrected chi connectivity index (χ3v) is 4.27. The first-order valence-electron chi connectivity index (χ1n) is 7.86. The molecule has 1 amide bonds. The summed E-state index contributed by atoms with van der Waals surface area (Å²) in [7, 11) is 0. The molecule has 7 heteroatoms. The molecule has 0 fully saturated rings. The topological polar surface area (TPSA) is 66.9 Å². The average Bonchev–Trinajstić information content (AvgIpc) is 2.61.